The molecule has 1 aromatic heterocycles. The van der Waals surface area contributed by atoms with Gasteiger partial charge >= 0.3 is 0 Å². The number of nitrogens with one attached hydrogen (secondary N) is 1. The van der Waals surface area contributed by atoms with Crippen LogP contribution < -0.4 is 5.73 Å². The first-order chi connectivity index (χ1) is 6.75. The van der Waals surface area contributed by atoms with E-state index in [-0.39, 0.29) is 0 Å². The van der Waals surface area contributed by atoms with Crippen LogP contribution in [0.5, 0.6) is 0 Å². The standard InChI is InChI=1S/C9H17N5/c1-13-2-4-14(5-3-13)6-8-9(10)12-7-11-8/h7H,2-6,10H2,1H3,(H,11,12). The predicted molar refractivity (Wildman–Crippen MR) is 55.8 cm³/mol. The van der Waals surface area contributed by atoms with Gasteiger partial charge in [0, 0.05) is 32.7 Å². The fraction of sp³-hybridized carbons (Fsp3) is 0.667. The van der Waals surface area contributed by atoms with Crippen LogP contribution in [-0.4, -0.2) is 53.0 Å². The van der Waals surface area contributed by atoms with Gasteiger partial charge in [-0.15, -0.1) is 0 Å². The number of hydrogen-bond acceptors (Lipinski definition) is 4. The molecule has 0 bridgehead atoms. The predicted octanol–water partition coefficient (Wildman–Crippen LogP) is -0.261. The van der Waals surface area contributed by atoms with Crippen LogP contribution in [0.3, 0.4) is 0 Å². The SMILES string of the molecule is CN1CCN(Cc2[nH]cnc2N)CC1. The number of hydrogen-bond donors (Lipinski definition) is 2. The number of H-pyrrole nitrogens is 1. The fourth-order valence-electron chi connectivity index (χ4n) is 1.69. The third kappa shape index (κ3) is 2.05. The van der Waals surface area contributed by atoms with Crippen LogP contribution in [0.4, 0.5) is 5.82 Å². The Balaban J connectivity index is 1.89. The maximum atomic E-state index is 5.71. The zero-order valence-electron chi connectivity index (χ0n) is 8.53. The lowest BCUT2D eigenvalue weighted by Crippen LogP contribution is -2.44. The lowest BCUT2D eigenvalue weighted by molar-refractivity contribution is 0.147. The maximum Gasteiger partial charge on any atom is 0.146 e. The van der Waals surface area contributed by atoms with Gasteiger partial charge in [-0.1, -0.05) is 0 Å². The Morgan fingerprint density at radius 2 is 2.14 bits per heavy atom. The van der Waals surface area contributed by atoms with Gasteiger partial charge in [-0.2, -0.15) is 0 Å². The second-order valence-electron chi connectivity index (χ2n) is 3.85. The first kappa shape index (κ1) is 9.48. The Bertz CT molecular complexity index is 287. The molecule has 5 nitrogen and oxygen atoms in total. The number of aromatic amines is 1. The Hall–Kier alpha value is -1.07. The lowest BCUT2D eigenvalue weighted by Gasteiger charge is -2.31. The van der Waals surface area contributed by atoms with E-state index in [4.69, 9.17) is 5.73 Å². The zero-order valence-corrected chi connectivity index (χ0v) is 8.53. The molecule has 0 unspecified atom stereocenters. The van der Waals surface area contributed by atoms with Crippen molar-refractivity contribution in [2.45, 2.75) is 6.54 Å². The van der Waals surface area contributed by atoms with Gasteiger partial charge in [0.1, 0.15) is 5.82 Å². The molecular formula is C9H17N5. The summed E-state index contributed by atoms with van der Waals surface area (Å²) in [6.45, 7) is 5.37. The third-order valence-corrected chi connectivity index (χ3v) is 2.73. The molecule has 0 aromatic carbocycles. The van der Waals surface area contributed by atoms with Crippen LogP contribution >= 0.6 is 0 Å². The van der Waals surface area contributed by atoms with E-state index in [1.54, 1.807) is 6.33 Å². The molecule has 1 aliphatic heterocycles. The minimum Gasteiger partial charge on any atom is -0.382 e. The second-order valence-corrected chi connectivity index (χ2v) is 3.85. The summed E-state index contributed by atoms with van der Waals surface area (Å²) in [5.41, 5.74) is 6.74. The Morgan fingerprint density at radius 3 is 2.71 bits per heavy atom. The summed E-state index contributed by atoms with van der Waals surface area (Å²) in [4.78, 5) is 11.8. The number of nitrogen functional groups attached to an aromatic ring is 1. The first-order valence-corrected chi connectivity index (χ1v) is 4.94. The van der Waals surface area contributed by atoms with Crippen LogP contribution in [0.25, 0.3) is 0 Å². The highest BCUT2D eigenvalue weighted by atomic mass is 15.2. The van der Waals surface area contributed by atoms with Gasteiger partial charge in [0.25, 0.3) is 0 Å². The summed E-state index contributed by atoms with van der Waals surface area (Å²) in [6.07, 6.45) is 1.65. The minimum atomic E-state index is 0.629. The summed E-state index contributed by atoms with van der Waals surface area (Å²) in [7, 11) is 2.15. The number of aromatic nitrogens is 2. The molecule has 5 heteroatoms. The molecule has 1 aromatic rings. The Kier molecular flexibility index (Phi) is 2.69. The monoisotopic (exact) mass is 195 g/mol. The van der Waals surface area contributed by atoms with Crippen LogP contribution in [0.1, 0.15) is 5.69 Å². The van der Waals surface area contributed by atoms with E-state index in [2.05, 4.69) is 26.8 Å². The summed E-state index contributed by atoms with van der Waals surface area (Å²) in [5, 5.41) is 0. The largest absolute Gasteiger partial charge is 0.382 e. The number of anilines is 1. The second kappa shape index (κ2) is 3.98. The van der Waals surface area contributed by atoms with Crippen molar-refractivity contribution in [3.63, 3.8) is 0 Å². The Labute approximate surface area is 83.9 Å². The molecular weight excluding hydrogens is 178 g/mol. The van der Waals surface area contributed by atoms with E-state index in [1.165, 1.54) is 0 Å². The van der Waals surface area contributed by atoms with Crippen molar-refractivity contribution in [2.75, 3.05) is 39.0 Å². The van der Waals surface area contributed by atoms with E-state index >= 15 is 0 Å². The molecule has 0 saturated carbocycles. The van der Waals surface area contributed by atoms with Crippen molar-refractivity contribution in [3.05, 3.63) is 12.0 Å². The normalized spacial score (nSPS) is 20.1. The summed E-state index contributed by atoms with van der Waals surface area (Å²) in [5.74, 6) is 0.629. The number of nitrogens with two attached hydrogens (primary N) is 1. The van der Waals surface area contributed by atoms with Crippen molar-refractivity contribution < 1.29 is 0 Å². The van der Waals surface area contributed by atoms with Crippen molar-refractivity contribution in [2.24, 2.45) is 0 Å². The molecule has 14 heavy (non-hydrogen) atoms. The molecule has 0 spiro atoms. The highest BCUT2D eigenvalue weighted by molar-refractivity contribution is 5.33. The molecule has 0 amide bonds. The molecule has 0 radical (unpaired) electrons. The van der Waals surface area contributed by atoms with Crippen LogP contribution in [0.2, 0.25) is 0 Å². The van der Waals surface area contributed by atoms with Gasteiger partial charge in [-0.05, 0) is 7.05 Å². The molecule has 0 atom stereocenters. The van der Waals surface area contributed by atoms with E-state index in [0.717, 1.165) is 38.4 Å². The molecule has 1 aliphatic rings. The molecule has 1 fully saturated rings. The van der Waals surface area contributed by atoms with Gasteiger partial charge in [0.2, 0.25) is 0 Å². The quantitative estimate of drug-likeness (QED) is 0.682. The first-order valence-electron chi connectivity index (χ1n) is 4.94. The third-order valence-electron chi connectivity index (χ3n) is 2.73. The van der Waals surface area contributed by atoms with Gasteiger partial charge in [0.05, 0.1) is 12.0 Å². The molecule has 2 rings (SSSR count). The topological polar surface area (TPSA) is 61.2 Å². The highest BCUT2D eigenvalue weighted by Gasteiger charge is 2.15. The van der Waals surface area contributed by atoms with Crippen LogP contribution in [-0.2, 0) is 6.54 Å². The van der Waals surface area contributed by atoms with Gasteiger partial charge in [-0.3, -0.25) is 4.90 Å². The zero-order chi connectivity index (χ0) is 9.97. The lowest BCUT2D eigenvalue weighted by atomic mass is 10.3. The average molecular weight is 195 g/mol. The minimum absolute atomic E-state index is 0.629. The van der Waals surface area contributed by atoms with E-state index in [0.29, 0.717) is 5.82 Å². The van der Waals surface area contributed by atoms with Gasteiger partial charge in [0.15, 0.2) is 0 Å². The smallest absolute Gasteiger partial charge is 0.146 e. The van der Waals surface area contributed by atoms with E-state index in [1.807, 2.05) is 0 Å². The van der Waals surface area contributed by atoms with E-state index < -0.39 is 0 Å². The Morgan fingerprint density at radius 1 is 1.43 bits per heavy atom. The maximum absolute atomic E-state index is 5.71. The number of imidazole rings is 1. The van der Waals surface area contributed by atoms with Crippen LogP contribution in [0.15, 0.2) is 6.33 Å². The number of nitrogens with zero attached hydrogens (tertiary/aromatic N) is 3. The summed E-state index contributed by atoms with van der Waals surface area (Å²) >= 11 is 0. The summed E-state index contributed by atoms with van der Waals surface area (Å²) < 4.78 is 0. The molecule has 0 aliphatic carbocycles. The fourth-order valence-corrected chi connectivity index (χ4v) is 1.69. The average Bonchev–Trinajstić information content (AvgIpc) is 2.56. The van der Waals surface area contributed by atoms with Crippen molar-refractivity contribution in [1.29, 1.82) is 0 Å². The number of piperazine rings is 1. The van der Waals surface area contributed by atoms with Gasteiger partial charge in [-0.25, -0.2) is 4.98 Å². The van der Waals surface area contributed by atoms with E-state index in [9.17, 15) is 0 Å². The molecule has 1 saturated heterocycles. The van der Waals surface area contributed by atoms with Crippen molar-refractivity contribution >= 4 is 5.82 Å². The molecule has 3 N–H and O–H groups in total. The van der Waals surface area contributed by atoms with Crippen LogP contribution in [0, 0.1) is 0 Å². The van der Waals surface area contributed by atoms with Gasteiger partial charge < -0.3 is 15.6 Å². The summed E-state index contributed by atoms with van der Waals surface area (Å²) in [6, 6.07) is 0. The number of rotatable bonds is 2. The molecule has 78 valence electrons. The molecule has 2 heterocycles. The van der Waals surface area contributed by atoms with Crippen molar-refractivity contribution in [1.82, 2.24) is 19.8 Å². The highest BCUT2D eigenvalue weighted by Crippen LogP contribution is 2.09. The van der Waals surface area contributed by atoms with Crippen molar-refractivity contribution in [3.8, 4) is 0 Å². The number of likely N-dealkylation sites (N-methyl/N-ethyl adjacent to an activating group) is 1.